The summed E-state index contributed by atoms with van der Waals surface area (Å²) < 4.78 is 11.7. The van der Waals surface area contributed by atoms with Gasteiger partial charge in [0, 0.05) is 12.0 Å². The van der Waals surface area contributed by atoms with Crippen LogP contribution in [0.4, 0.5) is 5.69 Å². The second kappa shape index (κ2) is 9.76. The first-order chi connectivity index (χ1) is 15.2. The lowest BCUT2D eigenvalue weighted by atomic mass is 10.1. The number of amides is 1. The van der Waals surface area contributed by atoms with Crippen LogP contribution in [0.3, 0.4) is 0 Å². The number of hydrogen-bond acceptors (Lipinski definition) is 4. The highest BCUT2D eigenvalue weighted by Crippen LogP contribution is 2.27. The summed E-state index contributed by atoms with van der Waals surface area (Å²) in [6, 6.07) is 26.8. The van der Waals surface area contributed by atoms with Gasteiger partial charge in [0.2, 0.25) is 0 Å². The molecular weight excluding hydrogens is 388 g/mol. The summed E-state index contributed by atoms with van der Waals surface area (Å²) in [6.45, 7) is 2.94. The maximum atomic E-state index is 13.0. The minimum Gasteiger partial charge on any atom is -0.493 e. The zero-order chi connectivity index (χ0) is 21.5. The fourth-order valence-corrected chi connectivity index (χ4v) is 3.26. The van der Waals surface area contributed by atoms with Crippen molar-refractivity contribution in [2.45, 2.75) is 13.3 Å². The maximum absolute atomic E-state index is 13.0. The molecule has 4 rings (SSSR count). The van der Waals surface area contributed by atoms with Crippen molar-refractivity contribution in [2.75, 3.05) is 18.2 Å². The molecule has 5 nitrogen and oxygen atoms in total. The van der Waals surface area contributed by atoms with Crippen molar-refractivity contribution in [1.82, 2.24) is 0 Å². The molecule has 1 aliphatic rings. The largest absolute Gasteiger partial charge is 0.493 e. The summed E-state index contributed by atoms with van der Waals surface area (Å²) in [5.41, 5.74) is 2.84. The Hall–Kier alpha value is -3.86. The first kappa shape index (κ1) is 20.4. The smallest absolute Gasteiger partial charge is 0.280 e. The van der Waals surface area contributed by atoms with E-state index in [9.17, 15) is 4.79 Å². The minimum absolute atomic E-state index is 0.144. The number of hydrazone groups is 1. The summed E-state index contributed by atoms with van der Waals surface area (Å²) in [5, 5.41) is 5.87. The summed E-state index contributed by atoms with van der Waals surface area (Å²) in [4.78, 5) is 13.0. The van der Waals surface area contributed by atoms with Crippen molar-refractivity contribution in [1.29, 1.82) is 0 Å². The van der Waals surface area contributed by atoms with E-state index in [1.54, 1.807) is 0 Å². The average molecular weight is 412 g/mol. The fourth-order valence-electron chi connectivity index (χ4n) is 3.26. The zero-order valence-corrected chi connectivity index (χ0v) is 17.4. The Morgan fingerprint density at radius 1 is 0.839 bits per heavy atom. The molecule has 3 aromatic carbocycles. The molecule has 3 aromatic rings. The van der Waals surface area contributed by atoms with Gasteiger partial charge in [0.25, 0.3) is 5.91 Å². The Balaban J connectivity index is 1.41. The molecule has 31 heavy (non-hydrogen) atoms. The van der Waals surface area contributed by atoms with Gasteiger partial charge in [-0.3, -0.25) is 4.79 Å². The highest BCUT2D eigenvalue weighted by atomic mass is 16.5. The third-order valence-corrected chi connectivity index (χ3v) is 4.84. The lowest BCUT2D eigenvalue weighted by molar-refractivity contribution is -0.114. The Morgan fingerprint density at radius 2 is 1.48 bits per heavy atom. The van der Waals surface area contributed by atoms with Gasteiger partial charge in [-0.2, -0.15) is 10.1 Å². The molecule has 0 N–H and O–H groups in total. The van der Waals surface area contributed by atoms with Crippen LogP contribution in [0.2, 0.25) is 0 Å². The van der Waals surface area contributed by atoms with Crippen molar-refractivity contribution in [3.05, 3.63) is 96.1 Å². The van der Waals surface area contributed by atoms with Gasteiger partial charge in [-0.05, 0) is 43.3 Å². The molecule has 1 heterocycles. The molecule has 5 heteroatoms. The topological polar surface area (TPSA) is 51.1 Å². The van der Waals surface area contributed by atoms with Gasteiger partial charge in [0.05, 0.1) is 30.2 Å². The monoisotopic (exact) mass is 412 g/mol. The van der Waals surface area contributed by atoms with Crippen molar-refractivity contribution in [3.8, 4) is 11.5 Å². The fraction of sp³-hybridized carbons (Fsp3) is 0.154. The Kier molecular flexibility index (Phi) is 6.43. The van der Waals surface area contributed by atoms with Gasteiger partial charge in [0.15, 0.2) is 0 Å². The first-order valence-electron chi connectivity index (χ1n) is 10.3. The molecule has 1 aliphatic heterocycles. The number of anilines is 1. The number of hydrogen-bond donors (Lipinski definition) is 0. The Labute approximate surface area is 182 Å². The normalized spacial score (nSPS) is 14.6. The highest BCUT2D eigenvalue weighted by Gasteiger charge is 2.28. The number of benzene rings is 3. The molecule has 0 radical (unpaired) electrons. The van der Waals surface area contributed by atoms with Crippen molar-refractivity contribution in [3.63, 3.8) is 0 Å². The molecule has 0 aromatic heterocycles. The standard InChI is InChI=1S/C26H24N2O3/c1-20-24(26(29)28(27-20)22-12-4-2-5-13-22)19-21-11-8-9-16-25(21)31-18-10-17-30-23-14-6-3-7-15-23/h2-9,11-16,19H,10,17-18H2,1H3/b24-19-. The van der Waals surface area contributed by atoms with E-state index < -0.39 is 0 Å². The number of carbonyl (C=O) groups is 1. The third kappa shape index (κ3) is 5.01. The number of rotatable bonds is 8. The second-order valence-electron chi connectivity index (χ2n) is 7.10. The van der Waals surface area contributed by atoms with E-state index in [1.165, 1.54) is 5.01 Å². The van der Waals surface area contributed by atoms with E-state index in [1.807, 2.05) is 97.9 Å². The molecule has 0 unspecified atom stereocenters. The van der Waals surface area contributed by atoms with Crippen LogP contribution in [0.5, 0.6) is 11.5 Å². The van der Waals surface area contributed by atoms with Gasteiger partial charge in [-0.1, -0.05) is 54.6 Å². The van der Waals surface area contributed by atoms with Gasteiger partial charge >= 0.3 is 0 Å². The van der Waals surface area contributed by atoms with Gasteiger partial charge in [0.1, 0.15) is 11.5 Å². The summed E-state index contributed by atoms with van der Waals surface area (Å²) in [5.74, 6) is 1.44. The molecule has 0 atom stereocenters. The van der Waals surface area contributed by atoms with Crippen molar-refractivity contribution < 1.29 is 14.3 Å². The van der Waals surface area contributed by atoms with Gasteiger partial charge in [-0.15, -0.1) is 0 Å². The quantitative estimate of drug-likeness (QED) is 0.371. The number of carbonyl (C=O) groups excluding carboxylic acids is 1. The van der Waals surface area contributed by atoms with Crippen LogP contribution in [0.1, 0.15) is 18.9 Å². The summed E-state index contributed by atoms with van der Waals surface area (Å²) in [6.07, 6.45) is 2.60. The molecular formula is C26H24N2O3. The molecule has 0 fully saturated rings. The van der Waals surface area contributed by atoms with Crippen LogP contribution in [0.15, 0.2) is 95.6 Å². The van der Waals surface area contributed by atoms with Crippen molar-refractivity contribution >= 4 is 23.4 Å². The number of nitrogens with zero attached hydrogens (tertiary/aromatic N) is 2. The van der Waals surface area contributed by atoms with E-state index >= 15 is 0 Å². The number of ether oxygens (including phenoxy) is 2. The van der Waals surface area contributed by atoms with Gasteiger partial charge < -0.3 is 9.47 Å². The lowest BCUT2D eigenvalue weighted by Gasteiger charge is -2.12. The summed E-state index contributed by atoms with van der Waals surface area (Å²) in [7, 11) is 0. The molecule has 0 saturated carbocycles. The highest BCUT2D eigenvalue weighted by molar-refractivity contribution is 6.32. The second-order valence-corrected chi connectivity index (χ2v) is 7.10. The minimum atomic E-state index is -0.144. The molecule has 0 aliphatic carbocycles. The summed E-state index contributed by atoms with van der Waals surface area (Å²) >= 11 is 0. The zero-order valence-electron chi connectivity index (χ0n) is 17.4. The molecule has 156 valence electrons. The first-order valence-corrected chi connectivity index (χ1v) is 10.3. The SMILES string of the molecule is CC1=NN(c2ccccc2)C(=O)/C1=C\c1ccccc1OCCCOc1ccccc1. The predicted molar refractivity (Wildman–Crippen MR) is 124 cm³/mol. The van der Waals surface area contributed by atoms with E-state index in [-0.39, 0.29) is 5.91 Å². The van der Waals surface area contributed by atoms with Crippen LogP contribution >= 0.6 is 0 Å². The van der Waals surface area contributed by atoms with Gasteiger partial charge in [-0.25, -0.2) is 0 Å². The van der Waals surface area contributed by atoms with E-state index in [0.29, 0.717) is 24.5 Å². The maximum Gasteiger partial charge on any atom is 0.280 e. The average Bonchev–Trinajstić information content (AvgIpc) is 3.09. The van der Waals surface area contributed by atoms with Crippen LogP contribution in [0.25, 0.3) is 6.08 Å². The van der Waals surface area contributed by atoms with Crippen LogP contribution in [-0.4, -0.2) is 24.8 Å². The molecule has 0 spiro atoms. The van der Waals surface area contributed by atoms with Crippen LogP contribution in [-0.2, 0) is 4.79 Å². The Morgan fingerprint density at radius 3 is 2.26 bits per heavy atom. The van der Waals surface area contributed by atoms with E-state index in [0.717, 1.165) is 29.2 Å². The predicted octanol–water partition coefficient (Wildman–Crippen LogP) is 5.34. The number of para-hydroxylation sites is 3. The molecule has 0 saturated heterocycles. The molecule has 0 bridgehead atoms. The van der Waals surface area contributed by atoms with Crippen LogP contribution in [0, 0.1) is 0 Å². The van der Waals surface area contributed by atoms with E-state index in [4.69, 9.17) is 9.47 Å². The van der Waals surface area contributed by atoms with Crippen molar-refractivity contribution in [2.24, 2.45) is 5.10 Å². The lowest BCUT2D eigenvalue weighted by Crippen LogP contribution is -2.21. The third-order valence-electron chi connectivity index (χ3n) is 4.84. The molecule has 1 amide bonds. The van der Waals surface area contributed by atoms with Crippen LogP contribution < -0.4 is 14.5 Å². The Bertz CT molecular complexity index is 1090. The van der Waals surface area contributed by atoms with E-state index in [2.05, 4.69) is 5.10 Å².